The molecule has 2 heterocycles. The molecule has 0 fully saturated rings. The Morgan fingerprint density at radius 2 is 2.30 bits per heavy atom. The molecule has 0 aromatic carbocycles. The molecule has 1 N–H and O–H groups in total. The minimum absolute atomic E-state index is 0.0287. The highest BCUT2D eigenvalue weighted by atomic mass is 32.2. The second kappa shape index (κ2) is 8.04. The second-order valence-corrected chi connectivity index (χ2v) is 6.25. The van der Waals surface area contributed by atoms with E-state index in [-0.39, 0.29) is 5.91 Å². The zero-order chi connectivity index (χ0) is 14.2. The van der Waals surface area contributed by atoms with Crippen LogP contribution in [0.15, 0.2) is 41.6 Å². The summed E-state index contributed by atoms with van der Waals surface area (Å²) >= 11 is 3.09. The maximum atomic E-state index is 11.9. The van der Waals surface area contributed by atoms with Crippen LogP contribution in [-0.2, 0) is 11.3 Å². The van der Waals surface area contributed by atoms with E-state index in [1.807, 2.05) is 30.3 Å². The monoisotopic (exact) mass is 308 g/mol. The van der Waals surface area contributed by atoms with Gasteiger partial charge in [-0.3, -0.25) is 4.79 Å². The van der Waals surface area contributed by atoms with Crippen molar-refractivity contribution in [2.24, 2.45) is 0 Å². The Labute approximate surface area is 126 Å². The minimum atomic E-state index is -0.0287. The smallest absolute Gasteiger partial charge is 0.261 e. The van der Waals surface area contributed by atoms with Gasteiger partial charge in [-0.1, -0.05) is 6.07 Å². The van der Waals surface area contributed by atoms with Crippen molar-refractivity contribution in [3.8, 4) is 0 Å². The molecule has 0 unspecified atom stereocenters. The van der Waals surface area contributed by atoms with Crippen molar-refractivity contribution in [3.63, 3.8) is 0 Å². The lowest BCUT2D eigenvalue weighted by Crippen LogP contribution is -2.24. The third kappa shape index (κ3) is 4.63. The van der Waals surface area contributed by atoms with Crippen LogP contribution in [0.1, 0.15) is 14.5 Å². The number of methoxy groups -OCH3 is 1. The van der Waals surface area contributed by atoms with E-state index in [1.54, 1.807) is 25.1 Å². The standard InChI is InChI=1S/C14H16N2O2S2/c1-18-10-11-5-6-12(20-11)14(17)16-8-9-19-13-4-2-3-7-15-13/h2-7H,8-10H2,1H3,(H,16,17). The Kier molecular flexibility index (Phi) is 6.04. The normalized spacial score (nSPS) is 10.4. The van der Waals surface area contributed by atoms with Gasteiger partial charge in [0.15, 0.2) is 0 Å². The fourth-order valence-corrected chi connectivity index (χ4v) is 3.18. The number of hydrogen-bond donors (Lipinski definition) is 1. The number of ether oxygens (including phenoxy) is 1. The molecule has 0 aliphatic heterocycles. The Hall–Kier alpha value is -1.37. The van der Waals surface area contributed by atoms with Crippen LogP contribution in [0.4, 0.5) is 0 Å². The highest BCUT2D eigenvalue weighted by Crippen LogP contribution is 2.17. The molecule has 1 amide bonds. The summed E-state index contributed by atoms with van der Waals surface area (Å²) in [7, 11) is 1.65. The van der Waals surface area contributed by atoms with Crippen LogP contribution >= 0.6 is 23.1 Å². The molecule has 6 heteroatoms. The van der Waals surface area contributed by atoms with Crippen LogP contribution in [0, 0.1) is 0 Å². The molecule has 0 aliphatic carbocycles. The van der Waals surface area contributed by atoms with Crippen molar-refractivity contribution in [1.29, 1.82) is 0 Å². The number of carbonyl (C=O) groups is 1. The van der Waals surface area contributed by atoms with E-state index in [0.717, 1.165) is 20.5 Å². The predicted molar refractivity (Wildman–Crippen MR) is 82.3 cm³/mol. The quantitative estimate of drug-likeness (QED) is 0.631. The number of carbonyl (C=O) groups excluding carboxylic acids is 1. The lowest BCUT2D eigenvalue weighted by molar-refractivity contribution is 0.0960. The van der Waals surface area contributed by atoms with Gasteiger partial charge < -0.3 is 10.1 Å². The van der Waals surface area contributed by atoms with E-state index in [4.69, 9.17) is 4.74 Å². The minimum Gasteiger partial charge on any atom is -0.379 e. The number of thioether (sulfide) groups is 1. The van der Waals surface area contributed by atoms with Crippen LogP contribution in [0.25, 0.3) is 0 Å². The Morgan fingerprint density at radius 1 is 1.40 bits per heavy atom. The van der Waals surface area contributed by atoms with Crippen molar-refractivity contribution >= 4 is 29.0 Å². The number of rotatable bonds is 7. The third-order valence-corrected chi connectivity index (χ3v) is 4.45. The number of nitrogens with zero attached hydrogens (tertiary/aromatic N) is 1. The molecule has 0 saturated carbocycles. The van der Waals surface area contributed by atoms with Gasteiger partial charge in [0.25, 0.3) is 5.91 Å². The Morgan fingerprint density at radius 3 is 3.05 bits per heavy atom. The molecule has 0 aliphatic rings. The number of aromatic nitrogens is 1. The van der Waals surface area contributed by atoms with Gasteiger partial charge in [-0.2, -0.15) is 0 Å². The summed E-state index contributed by atoms with van der Waals surface area (Å²) in [5.41, 5.74) is 0. The Balaban J connectivity index is 1.72. The molecule has 2 aromatic heterocycles. The van der Waals surface area contributed by atoms with Gasteiger partial charge in [0.1, 0.15) is 0 Å². The second-order valence-electron chi connectivity index (χ2n) is 3.97. The molecule has 0 radical (unpaired) electrons. The lowest BCUT2D eigenvalue weighted by Gasteiger charge is -2.03. The summed E-state index contributed by atoms with van der Waals surface area (Å²) in [6, 6.07) is 9.56. The summed E-state index contributed by atoms with van der Waals surface area (Å²) in [6.07, 6.45) is 1.77. The van der Waals surface area contributed by atoms with Crippen LogP contribution in [0.3, 0.4) is 0 Å². The summed E-state index contributed by atoms with van der Waals surface area (Å²) in [6.45, 7) is 1.17. The first-order chi connectivity index (χ1) is 9.79. The Bertz CT molecular complexity index is 543. The first-order valence-corrected chi connectivity index (χ1v) is 7.99. The van der Waals surface area contributed by atoms with Crippen molar-refractivity contribution in [3.05, 3.63) is 46.3 Å². The van der Waals surface area contributed by atoms with E-state index >= 15 is 0 Å². The zero-order valence-corrected chi connectivity index (χ0v) is 12.8. The molecular formula is C14H16N2O2S2. The molecule has 0 bridgehead atoms. The largest absolute Gasteiger partial charge is 0.379 e. The van der Waals surface area contributed by atoms with Gasteiger partial charge in [0.2, 0.25) is 0 Å². The van der Waals surface area contributed by atoms with E-state index in [1.165, 1.54) is 11.3 Å². The van der Waals surface area contributed by atoms with Gasteiger partial charge in [-0.05, 0) is 24.3 Å². The van der Waals surface area contributed by atoms with E-state index in [9.17, 15) is 4.79 Å². The highest BCUT2D eigenvalue weighted by Gasteiger charge is 2.08. The van der Waals surface area contributed by atoms with Gasteiger partial charge >= 0.3 is 0 Å². The van der Waals surface area contributed by atoms with Gasteiger partial charge in [0.05, 0.1) is 16.5 Å². The van der Waals surface area contributed by atoms with E-state index in [2.05, 4.69) is 10.3 Å². The molecule has 0 atom stereocenters. The lowest BCUT2D eigenvalue weighted by atomic mass is 10.4. The molecular weight excluding hydrogens is 292 g/mol. The van der Waals surface area contributed by atoms with Gasteiger partial charge in [-0.15, -0.1) is 23.1 Å². The molecule has 2 aromatic rings. The number of nitrogens with one attached hydrogen (secondary N) is 1. The van der Waals surface area contributed by atoms with Crippen LogP contribution in [0.2, 0.25) is 0 Å². The third-order valence-electron chi connectivity index (χ3n) is 2.45. The zero-order valence-electron chi connectivity index (χ0n) is 11.2. The molecule has 0 saturated heterocycles. The molecule has 2 rings (SSSR count). The van der Waals surface area contributed by atoms with Crippen molar-refractivity contribution in [2.75, 3.05) is 19.4 Å². The van der Waals surface area contributed by atoms with Gasteiger partial charge in [-0.25, -0.2) is 4.98 Å². The summed E-state index contributed by atoms with van der Waals surface area (Å²) in [5.74, 6) is 0.776. The maximum absolute atomic E-state index is 11.9. The SMILES string of the molecule is COCc1ccc(C(=O)NCCSc2ccccn2)s1. The topological polar surface area (TPSA) is 51.2 Å². The highest BCUT2D eigenvalue weighted by molar-refractivity contribution is 7.99. The summed E-state index contributed by atoms with van der Waals surface area (Å²) < 4.78 is 5.04. The average Bonchev–Trinajstić information content (AvgIpc) is 2.94. The van der Waals surface area contributed by atoms with Crippen molar-refractivity contribution < 1.29 is 9.53 Å². The molecule has 0 spiro atoms. The first-order valence-electron chi connectivity index (χ1n) is 6.19. The number of thiophene rings is 1. The molecule has 20 heavy (non-hydrogen) atoms. The maximum Gasteiger partial charge on any atom is 0.261 e. The number of amides is 1. The molecule has 106 valence electrons. The summed E-state index contributed by atoms with van der Waals surface area (Å²) in [4.78, 5) is 17.9. The van der Waals surface area contributed by atoms with E-state index < -0.39 is 0 Å². The fraction of sp³-hybridized carbons (Fsp3) is 0.286. The van der Waals surface area contributed by atoms with Crippen molar-refractivity contribution in [1.82, 2.24) is 10.3 Å². The first kappa shape index (κ1) is 15.0. The average molecular weight is 308 g/mol. The van der Waals surface area contributed by atoms with Crippen LogP contribution < -0.4 is 5.32 Å². The predicted octanol–water partition coefficient (Wildman–Crippen LogP) is 2.81. The number of pyridine rings is 1. The van der Waals surface area contributed by atoms with Crippen LogP contribution in [-0.4, -0.2) is 30.3 Å². The van der Waals surface area contributed by atoms with Crippen LogP contribution in [0.5, 0.6) is 0 Å². The molecule has 4 nitrogen and oxygen atoms in total. The number of hydrogen-bond acceptors (Lipinski definition) is 5. The van der Waals surface area contributed by atoms with Gasteiger partial charge in [0, 0.05) is 30.5 Å². The fourth-order valence-electron chi connectivity index (χ4n) is 1.56. The van der Waals surface area contributed by atoms with Crippen molar-refractivity contribution in [2.45, 2.75) is 11.6 Å². The van der Waals surface area contributed by atoms with E-state index in [0.29, 0.717) is 13.2 Å². The summed E-state index contributed by atoms with van der Waals surface area (Å²) in [5, 5.41) is 3.88.